The van der Waals surface area contributed by atoms with Crippen LogP contribution >= 0.6 is 23.2 Å². The highest BCUT2D eigenvalue weighted by Gasteiger charge is 2.25. The molecule has 2 aromatic rings. The molecule has 1 unspecified atom stereocenters. The van der Waals surface area contributed by atoms with Crippen molar-refractivity contribution in [1.82, 2.24) is 9.97 Å². The number of nitrogens with one attached hydrogen (secondary N) is 1. The highest BCUT2D eigenvalue weighted by atomic mass is 35.5. The highest BCUT2D eigenvalue weighted by molar-refractivity contribution is 6.42. The van der Waals surface area contributed by atoms with E-state index < -0.39 is 6.10 Å². The summed E-state index contributed by atoms with van der Waals surface area (Å²) < 4.78 is 0. The molecule has 0 fully saturated rings. The van der Waals surface area contributed by atoms with Crippen LogP contribution in [-0.4, -0.2) is 15.1 Å². The van der Waals surface area contributed by atoms with Gasteiger partial charge in [0.25, 0.3) is 0 Å². The van der Waals surface area contributed by atoms with E-state index in [4.69, 9.17) is 23.2 Å². The number of fused-ring (bicyclic) bond motifs is 1. The molecule has 1 aromatic heterocycles. The fourth-order valence-corrected chi connectivity index (χ4v) is 2.51. The first kappa shape index (κ1) is 12.7. The Morgan fingerprint density at radius 1 is 1.21 bits per heavy atom. The molecule has 1 aliphatic carbocycles. The van der Waals surface area contributed by atoms with Crippen LogP contribution in [0.4, 0.5) is 11.5 Å². The lowest BCUT2D eigenvalue weighted by Gasteiger charge is -2.12. The van der Waals surface area contributed by atoms with Gasteiger partial charge in [-0.2, -0.15) is 0 Å². The second kappa shape index (κ2) is 4.96. The van der Waals surface area contributed by atoms with E-state index in [0.717, 1.165) is 23.4 Å². The van der Waals surface area contributed by atoms with Crippen molar-refractivity contribution in [2.75, 3.05) is 5.32 Å². The third-order valence-corrected chi connectivity index (χ3v) is 3.88. The Morgan fingerprint density at radius 2 is 2.05 bits per heavy atom. The minimum absolute atomic E-state index is 0.470. The third kappa shape index (κ3) is 2.39. The minimum Gasteiger partial charge on any atom is -0.388 e. The van der Waals surface area contributed by atoms with E-state index in [9.17, 15) is 5.11 Å². The van der Waals surface area contributed by atoms with Gasteiger partial charge in [0, 0.05) is 11.3 Å². The standard InChI is InChI=1S/C13H11Cl2N3O/c14-8-2-1-7(5-9(8)15)18-13-12-10(16-6-17-13)3-4-11(12)19/h1-2,5-6,11,19H,3-4H2,(H,16,17,18). The van der Waals surface area contributed by atoms with E-state index in [0.29, 0.717) is 22.3 Å². The fraction of sp³-hybridized carbons (Fsp3) is 0.231. The molecule has 0 spiro atoms. The Kier molecular flexibility index (Phi) is 3.31. The van der Waals surface area contributed by atoms with E-state index in [-0.39, 0.29) is 0 Å². The Labute approximate surface area is 120 Å². The van der Waals surface area contributed by atoms with Gasteiger partial charge < -0.3 is 10.4 Å². The maximum atomic E-state index is 9.97. The molecule has 0 saturated heterocycles. The topological polar surface area (TPSA) is 58.0 Å². The van der Waals surface area contributed by atoms with Gasteiger partial charge in [-0.3, -0.25) is 0 Å². The van der Waals surface area contributed by atoms with E-state index in [2.05, 4.69) is 15.3 Å². The van der Waals surface area contributed by atoms with Crippen LogP contribution in [0.2, 0.25) is 10.0 Å². The number of nitrogens with zero attached hydrogens (tertiary/aromatic N) is 2. The van der Waals surface area contributed by atoms with Gasteiger partial charge in [0.05, 0.1) is 21.8 Å². The molecule has 0 amide bonds. The number of rotatable bonds is 2. The number of hydrogen-bond donors (Lipinski definition) is 2. The van der Waals surface area contributed by atoms with Crippen molar-refractivity contribution in [2.24, 2.45) is 0 Å². The average molecular weight is 296 g/mol. The summed E-state index contributed by atoms with van der Waals surface area (Å²) >= 11 is 11.8. The van der Waals surface area contributed by atoms with E-state index >= 15 is 0 Å². The summed E-state index contributed by atoms with van der Waals surface area (Å²) in [5.41, 5.74) is 2.44. The predicted molar refractivity (Wildman–Crippen MR) is 75.1 cm³/mol. The normalized spacial score (nSPS) is 17.3. The van der Waals surface area contributed by atoms with Crippen LogP contribution in [0.25, 0.3) is 0 Å². The van der Waals surface area contributed by atoms with Gasteiger partial charge in [-0.25, -0.2) is 9.97 Å². The quantitative estimate of drug-likeness (QED) is 0.890. The third-order valence-electron chi connectivity index (χ3n) is 3.14. The van der Waals surface area contributed by atoms with E-state index in [1.807, 2.05) is 6.07 Å². The lowest BCUT2D eigenvalue weighted by molar-refractivity contribution is 0.180. The molecule has 1 aliphatic rings. The van der Waals surface area contributed by atoms with Crippen molar-refractivity contribution < 1.29 is 5.11 Å². The lowest BCUT2D eigenvalue weighted by Crippen LogP contribution is -2.03. The first-order chi connectivity index (χ1) is 9.15. The number of aryl methyl sites for hydroxylation is 1. The van der Waals surface area contributed by atoms with Gasteiger partial charge in [0.15, 0.2) is 0 Å². The number of aliphatic hydroxyl groups is 1. The molecule has 1 heterocycles. The molecular weight excluding hydrogens is 285 g/mol. The summed E-state index contributed by atoms with van der Waals surface area (Å²) in [7, 11) is 0. The monoisotopic (exact) mass is 295 g/mol. The molecule has 1 atom stereocenters. The number of aromatic nitrogens is 2. The molecule has 19 heavy (non-hydrogen) atoms. The fourth-order valence-electron chi connectivity index (χ4n) is 2.21. The summed E-state index contributed by atoms with van der Waals surface area (Å²) in [5, 5.41) is 14.1. The molecule has 0 aliphatic heterocycles. The lowest BCUT2D eigenvalue weighted by atomic mass is 10.2. The van der Waals surface area contributed by atoms with Crippen LogP contribution in [-0.2, 0) is 6.42 Å². The van der Waals surface area contributed by atoms with Gasteiger partial charge in [-0.1, -0.05) is 23.2 Å². The summed E-state index contributed by atoms with van der Waals surface area (Å²) in [4.78, 5) is 8.38. The van der Waals surface area contributed by atoms with Crippen LogP contribution < -0.4 is 5.32 Å². The SMILES string of the molecule is OC1CCc2ncnc(Nc3ccc(Cl)c(Cl)c3)c21. The average Bonchev–Trinajstić information content (AvgIpc) is 2.77. The predicted octanol–water partition coefficient (Wildman–Crippen LogP) is 3.51. The van der Waals surface area contributed by atoms with E-state index in [1.165, 1.54) is 6.33 Å². The van der Waals surface area contributed by atoms with Crippen LogP contribution in [0.5, 0.6) is 0 Å². The van der Waals surface area contributed by atoms with Gasteiger partial charge >= 0.3 is 0 Å². The van der Waals surface area contributed by atoms with Crippen molar-refractivity contribution in [3.63, 3.8) is 0 Å². The number of halogens is 2. The summed E-state index contributed by atoms with van der Waals surface area (Å²) in [6.07, 6.45) is 2.44. The zero-order chi connectivity index (χ0) is 13.4. The number of aliphatic hydroxyl groups excluding tert-OH is 1. The van der Waals surface area contributed by atoms with Crippen LogP contribution in [0.3, 0.4) is 0 Å². The van der Waals surface area contributed by atoms with Crippen molar-refractivity contribution in [2.45, 2.75) is 18.9 Å². The Balaban J connectivity index is 1.96. The zero-order valence-corrected chi connectivity index (χ0v) is 11.4. The molecule has 0 saturated carbocycles. The molecule has 6 heteroatoms. The maximum absolute atomic E-state index is 9.97. The Hall–Kier alpha value is -1.36. The largest absolute Gasteiger partial charge is 0.388 e. The number of benzene rings is 1. The minimum atomic E-state index is -0.513. The molecular formula is C13H11Cl2N3O. The molecule has 3 rings (SSSR count). The van der Waals surface area contributed by atoms with Crippen molar-refractivity contribution in [1.29, 1.82) is 0 Å². The maximum Gasteiger partial charge on any atom is 0.139 e. The van der Waals surface area contributed by atoms with E-state index in [1.54, 1.807) is 12.1 Å². The van der Waals surface area contributed by atoms with Gasteiger partial charge in [-0.05, 0) is 31.0 Å². The van der Waals surface area contributed by atoms with Crippen molar-refractivity contribution in [3.05, 3.63) is 45.8 Å². The molecule has 1 aromatic carbocycles. The number of anilines is 2. The first-order valence-electron chi connectivity index (χ1n) is 5.89. The zero-order valence-electron chi connectivity index (χ0n) is 9.90. The van der Waals surface area contributed by atoms with Gasteiger partial charge in [0.2, 0.25) is 0 Å². The molecule has 98 valence electrons. The second-order valence-corrected chi connectivity index (χ2v) is 5.21. The van der Waals surface area contributed by atoms with Crippen LogP contribution in [0, 0.1) is 0 Å². The number of hydrogen-bond acceptors (Lipinski definition) is 4. The summed E-state index contributed by atoms with van der Waals surface area (Å²) in [6, 6.07) is 5.24. The molecule has 4 nitrogen and oxygen atoms in total. The molecule has 0 bridgehead atoms. The van der Waals surface area contributed by atoms with Crippen molar-refractivity contribution >= 4 is 34.7 Å². The Bertz CT molecular complexity index is 633. The van der Waals surface area contributed by atoms with Crippen LogP contribution in [0.15, 0.2) is 24.5 Å². The van der Waals surface area contributed by atoms with Crippen molar-refractivity contribution in [3.8, 4) is 0 Å². The summed E-state index contributed by atoms with van der Waals surface area (Å²) in [5.74, 6) is 0.619. The summed E-state index contributed by atoms with van der Waals surface area (Å²) in [6.45, 7) is 0. The highest BCUT2D eigenvalue weighted by Crippen LogP contribution is 2.35. The first-order valence-corrected chi connectivity index (χ1v) is 6.64. The van der Waals surface area contributed by atoms with Gasteiger partial charge in [-0.15, -0.1) is 0 Å². The Morgan fingerprint density at radius 3 is 2.84 bits per heavy atom. The van der Waals surface area contributed by atoms with Crippen LogP contribution in [0.1, 0.15) is 23.8 Å². The molecule has 0 radical (unpaired) electrons. The second-order valence-electron chi connectivity index (χ2n) is 4.39. The smallest absolute Gasteiger partial charge is 0.139 e. The molecule has 2 N–H and O–H groups in total. The van der Waals surface area contributed by atoms with Gasteiger partial charge in [0.1, 0.15) is 12.1 Å².